The summed E-state index contributed by atoms with van der Waals surface area (Å²) in [5.41, 5.74) is 0.434. The van der Waals surface area contributed by atoms with Crippen molar-refractivity contribution in [3.05, 3.63) is 42.4 Å². The molecule has 3 heterocycles. The molecule has 1 aromatic heterocycles. The lowest BCUT2D eigenvalue weighted by Crippen LogP contribution is -2.47. The highest BCUT2D eigenvalue weighted by atomic mass is 19.4. The van der Waals surface area contributed by atoms with Crippen LogP contribution >= 0.6 is 0 Å². The van der Waals surface area contributed by atoms with Crippen LogP contribution in [0, 0.1) is 0 Å². The van der Waals surface area contributed by atoms with Crippen molar-refractivity contribution in [1.82, 2.24) is 20.2 Å². The maximum absolute atomic E-state index is 12.5. The van der Waals surface area contributed by atoms with E-state index in [1.807, 2.05) is 0 Å². The summed E-state index contributed by atoms with van der Waals surface area (Å²) >= 11 is 0. The van der Waals surface area contributed by atoms with Crippen LogP contribution in [0.1, 0.15) is 31.1 Å². The Labute approximate surface area is 159 Å². The Morgan fingerprint density at radius 2 is 2.11 bits per heavy atom. The molecule has 4 rings (SSSR count). The van der Waals surface area contributed by atoms with Crippen molar-refractivity contribution in [1.29, 1.82) is 0 Å². The van der Waals surface area contributed by atoms with E-state index in [2.05, 4.69) is 20.0 Å². The van der Waals surface area contributed by atoms with E-state index in [4.69, 9.17) is 0 Å². The van der Waals surface area contributed by atoms with Gasteiger partial charge in [0.05, 0.1) is 11.7 Å². The highest BCUT2D eigenvalue weighted by Gasteiger charge is 2.50. The summed E-state index contributed by atoms with van der Waals surface area (Å²) in [6.07, 6.45) is -0.998. The summed E-state index contributed by atoms with van der Waals surface area (Å²) in [4.78, 5) is 23.0. The van der Waals surface area contributed by atoms with Gasteiger partial charge in [-0.1, -0.05) is 12.1 Å². The number of likely N-dealkylation sites (N-methyl/N-ethyl adjacent to an activating group) is 1. The first-order valence-corrected chi connectivity index (χ1v) is 8.98. The number of likely N-dealkylation sites (tertiary alicyclic amines) is 1. The molecule has 1 N–H and O–H groups in total. The van der Waals surface area contributed by atoms with Gasteiger partial charge in [-0.15, -0.1) is 13.2 Å². The number of benzene rings is 1. The SMILES string of the molecule is CN1CC[C@@]2(CC[C@@H](c3nccc(-c4cccc(OC(F)(F)F)c4)n3)N2)C1=O. The van der Waals surface area contributed by atoms with E-state index < -0.39 is 11.9 Å². The Balaban J connectivity index is 1.56. The Hall–Kier alpha value is -2.68. The van der Waals surface area contributed by atoms with E-state index in [0.717, 1.165) is 12.8 Å². The molecule has 2 fully saturated rings. The molecular formula is C19H19F3N4O2. The van der Waals surface area contributed by atoms with E-state index >= 15 is 0 Å². The lowest BCUT2D eigenvalue weighted by Gasteiger charge is -2.23. The van der Waals surface area contributed by atoms with Crippen LogP contribution in [-0.4, -0.2) is 46.3 Å². The number of aromatic nitrogens is 2. The average molecular weight is 392 g/mol. The van der Waals surface area contributed by atoms with Gasteiger partial charge in [-0.25, -0.2) is 9.97 Å². The molecule has 2 aliphatic heterocycles. The minimum atomic E-state index is -4.75. The van der Waals surface area contributed by atoms with Crippen LogP contribution in [0.25, 0.3) is 11.3 Å². The summed E-state index contributed by atoms with van der Waals surface area (Å²) in [5.74, 6) is 0.310. The molecule has 2 saturated heterocycles. The third-order valence-corrected chi connectivity index (χ3v) is 5.29. The molecule has 0 bridgehead atoms. The number of carbonyl (C=O) groups excluding carboxylic acids is 1. The molecule has 0 unspecified atom stereocenters. The second-order valence-corrected chi connectivity index (χ2v) is 7.17. The molecule has 2 aliphatic rings. The van der Waals surface area contributed by atoms with Crippen LogP contribution in [0.2, 0.25) is 0 Å². The number of halogens is 3. The van der Waals surface area contributed by atoms with E-state index in [1.165, 1.54) is 18.2 Å². The molecular weight excluding hydrogens is 373 g/mol. The van der Waals surface area contributed by atoms with Gasteiger partial charge < -0.3 is 9.64 Å². The predicted octanol–water partition coefficient (Wildman–Crippen LogP) is 3.07. The van der Waals surface area contributed by atoms with Gasteiger partial charge in [0.25, 0.3) is 0 Å². The first-order chi connectivity index (χ1) is 13.3. The molecule has 2 atom stereocenters. The molecule has 1 amide bonds. The zero-order valence-electron chi connectivity index (χ0n) is 15.2. The van der Waals surface area contributed by atoms with Gasteiger partial charge in [-0.2, -0.15) is 0 Å². The lowest BCUT2D eigenvalue weighted by atomic mass is 9.96. The highest BCUT2D eigenvalue weighted by molar-refractivity contribution is 5.88. The van der Waals surface area contributed by atoms with Crippen molar-refractivity contribution in [2.24, 2.45) is 0 Å². The van der Waals surface area contributed by atoms with Gasteiger partial charge in [0.15, 0.2) is 0 Å². The minimum absolute atomic E-state index is 0.0863. The van der Waals surface area contributed by atoms with E-state index in [0.29, 0.717) is 30.0 Å². The Morgan fingerprint density at radius 3 is 2.82 bits per heavy atom. The number of alkyl halides is 3. The third kappa shape index (κ3) is 3.54. The minimum Gasteiger partial charge on any atom is -0.406 e. The van der Waals surface area contributed by atoms with Crippen molar-refractivity contribution in [2.45, 2.75) is 37.2 Å². The number of nitrogens with one attached hydrogen (secondary N) is 1. The molecule has 1 spiro atoms. The topological polar surface area (TPSA) is 67.3 Å². The van der Waals surface area contributed by atoms with Crippen LogP contribution in [0.15, 0.2) is 36.5 Å². The molecule has 0 radical (unpaired) electrons. The van der Waals surface area contributed by atoms with Gasteiger partial charge in [-0.05, 0) is 37.5 Å². The Bertz CT molecular complexity index is 905. The van der Waals surface area contributed by atoms with Crippen molar-refractivity contribution in [2.75, 3.05) is 13.6 Å². The van der Waals surface area contributed by atoms with Gasteiger partial charge in [-0.3, -0.25) is 10.1 Å². The quantitative estimate of drug-likeness (QED) is 0.870. The van der Waals surface area contributed by atoms with E-state index in [9.17, 15) is 18.0 Å². The predicted molar refractivity (Wildman–Crippen MR) is 94.2 cm³/mol. The van der Waals surface area contributed by atoms with Crippen LogP contribution in [0.4, 0.5) is 13.2 Å². The maximum atomic E-state index is 12.5. The number of nitrogens with zero attached hydrogens (tertiary/aromatic N) is 3. The molecule has 28 heavy (non-hydrogen) atoms. The monoisotopic (exact) mass is 392 g/mol. The first-order valence-electron chi connectivity index (χ1n) is 8.98. The fourth-order valence-corrected chi connectivity index (χ4v) is 3.92. The first kappa shape index (κ1) is 18.7. The standard InChI is InChI=1S/C19H19F3N4O2/c1-26-10-8-18(17(26)27)7-5-15(25-18)16-23-9-6-14(24-16)12-3-2-4-13(11-12)28-19(20,21)22/h2-4,6,9,11,15,25H,5,7-8,10H2,1H3/t15-,18-/m0/s1. The van der Waals surface area contributed by atoms with Crippen molar-refractivity contribution >= 4 is 5.91 Å². The van der Waals surface area contributed by atoms with Gasteiger partial charge in [0, 0.05) is 25.4 Å². The second kappa shape index (κ2) is 6.73. The number of amides is 1. The molecule has 6 nitrogen and oxygen atoms in total. The normalized spacial score (nSPS) is 24.9. The fourth-order valence-electron chi connectivity index (χ4n) is 3.92. The van der Waals surface area contributed by atoms with Crippen molar-refractivity contribution < 1.29 is 22.7 Å². The third-order valence-electron chi connectivity index (χ3n) is 5.29. The Kier molecular flexibility index (Phi) is 4.49. The summed E-state index contributed by atoms with van der Waals surface area (Å²) in [6, 6.07) is 7.13. The van der Waals surface area contributed by atoms with E-state index in [-0.39, 0.29) is 17.7 Å². The van der Waals surface area contributed by atoms with Gasteiger partial charge in [0.1, 0.15) is 17.1 Å². The highest BCUT2D eigenvalue weighted by Crippen LogP contribution is 2.38. The van der Waals surface area contributed by atoms with Crippen LogP contribution < -0.4 is 10.1 Å². The molecule has 0 saturated carbocycles. The Morgan fingerprint density at radius 1 is 1.29 bits per heavy atom. The van der Waals surface area contributed by atoms with Crippen molar-refractivity contribution in [3.63, 3.8) is 0 Å². The molecule has 9 heteroatoms. The molecule has 148 valence electrons. The van der Waals surface area contributed by atoms with Crippen LogP contribution in [-0.2, 0) is 4.79 Å². The van der Waals surface area contributed by atoms with Gasteiger partial charge in [0.2, 0.25) is 5.91 Å². The molecule has 1 aromatic carbocycles. The van der Waals surface area contributed by atoms with Gasteiger partial charge >= 0.3 is 6.36 Å². The van der Waals surface area contributed by atoms with Crippen LogP contribution in [0.5, 0.6) is 5.75 Å². The zero-order valence-corrected chi connectivity index (χ0v) is 15.2. The lowest BCUT2D eigenvalue weighted by molar-refractivity contribution is -0.274. The van der Waals surface area contributed by atoms with Crippen molar-refractivity contribution in [3.8, 4) is 17.0 Å². The molecule has 2 aromatic rings. The number of rotatable bonds is 3. The zero-order chi connectivity index (χ0) is 19.9. The average Bonchev–Trinajstić information content (AvgIpc) is 3.21. The van der Waals surface area contributed by atoms with E-state index in [1.54, 1.807) is 30.3 Å². The number of carbonyl (C=O) groups is 1. The summed E-state index contributed by atoms with van der Waals surface area (Å²) in [7, 11) is 1.79. The summed E-state index contributed by atoms with van der Waals surface area (Å²) < 4.78 is 41.4. The smallest absolute Gasteiger partial charge is 0.406 e. The van der Waals surface area contributed by atoms with Crippen LogP contribution in [0.3, 0.4) is 0 Å². The summed E-state index contributed by atoms with van der Waals surface area (Å²) in [5, 5.41) is 3.39. The maximum Gasteiger partial charge on any atom is 0.573 e. The number of hydrogen-bond donors (Lipinski definition) is 1. The largest absolute Gasteiger partial charge is 0.573 e. The number of ether oxygens (including phenoxy) is 1. The number of hydrogen-bond acceptors (Lipinski definition) is 5. The second-order valence-electron chi connectivity index (χ2n) is 7.17. The summed E-state index contributed by atoms with van der Waals surface area (Å²) in [6.45, 7) is 0.714. The molecule has 0 aliphatic carbocycles. The fraction of sp³-hybridized carbons (Fsp3) is 0.421.